The van der Waals surface area contributed by atoms with Gasteiger partial charge in [-0.1, -0.05) is 72.8 Å². The molecular weight excluding hydrogens is 378 g/mol. The Balaban J connectivity index is 1.38. The summed E-state index contributed by atoms with van der Waals surface area (Å²) in [4.78, 5) is 25.9. The van der Waals surface area contributed by atoms with Crippen LogP contribution >= 0.6 is 0 Å². The minimum absolute atomic E-state index is 0.0696. The van der Waals surface area contributed by atoms with Crippen molar-refractivity contribution in [2.75, 3.05) is 6.61 Å². The highest BCUT2D eigenvalue weighted by atomic mass is 16.6. The number of rotatable bonds is 3. The standard InChI is InChI=1S/C25H21NO4/c27-24(28)23-13-16-7-1-2-8-17(16)14-26(23)25(29)30-15-22-20-11-5-3-9-18(20)19-10-4-6-12-21(19)22/h1-12,22-23H,13-15H2,(H,27,28)/p-1/t23-/m0/s1. The van der Waals surface area contributed by atoms with E-state index >= 15 is 0 Å². The van der Waals surface area contributed by atoms with Gasteiger partial charge in [0.25, 0.3) is 0 Å². The van der Waals surface area contributed by atoms with Gasteiger partial charge in [0.2, 0.25) is 0 Å². The lowest BCUT2D eigenvalue weighted by atomic mass is 9.94. The molecule has 0 radical (unpaired) electrons. The maximum absolute atomic E-state index is 12.9. The van der Waals surface area contributed by atoms with E-state index in [1.54, 1.807) is 0 Å². The zero-order chi connectivity index (χ0) is 20.7. The Morgan fingerprint density at radius 1 is 0.867 bits per heavy atom. The van der Waals surface area contributed by atoms with Crippen molar-refractivity contribution in [3.05, 3.63) is 95.1 Å². The van der Waals surface area contributed by atoms with E-state index < -0.39 is 18.1 Å². The molecule has 1 aliphatic carbocycles. The van der Waals surface area contributed by atoms with E-state index in [0.717, 1.165) is 33.4 Å². The van der Waals surface area contributed by atoms with Crippen molar-refractivity contribution in [3.63, 3.8) is 0 Å². The molecular formula is C25H20NO4-. The lowest BCUT2D eigenvalue weighted by molar-refractivity contribution is -0.311. The predicted octanol–water partition coefficient (Wildman–Crippen LogP) is 3.11. The van der Waals surface area contributed by atoms with Gasteiger partial charge in [0, 0.05) is 12.5 Å². The Morgan fingerprint density at radius 2 is 1.43 bits per heavy atom. The average molecular weight is 398 g/mol. The Labute approximate surface area is 174 Å². The lowest BCUT2D eigenvalue weighted by Crippen LogP contribution is -2.53. The second-order valence-electron chi connectivity index (χ2n) is 7.74. The number of aliphatic carboxylic acids is 1. The maximum Gasteiger partial charge on any atom is 0.410 e. The number of ether oxygens (including phenoxy) is 1. The first-order chi connectivity index (χ1) is 14.6. The Morgan fingerprint density at radius 3 is 2.07 bits per heavy atom. The quantitative estimate of drug-likeness (QED) is 0.680. The van der Waals surface area contributed by atoms with Gasteiger partial charge >= 0.3 is 6.09 Å². The number of fused-ring (bicyclic) bond motifs is 4. The zero-order valence-corrected chi connectivity index (χ0v) is 16.3. The van der Waals surface area contributed by atoms with Crippen molar-refractivity contribution in [3.8, 4) is 11.1 Å². The molecule has 1 atom stereocenters. The van der Waals surface area contributed by atoms with E-state index in [-0.39, 0.29) is 25.5 Å². The monoisotopic (exact) mass is 398 g/mol. The van der Waals surface area contributed by atoms with Gasteiger partial charge in [-0.2, -0.15) is 0 Å². The summed E-state index contributed by atoms with van der Waals surface area (Å²) in [6, 6.07) is 22.7. The fourth-order valence-electron chi connectivity index (χ4n) is 4.60. The third-order valence-corrected chi connectivity index (χ3v) is 6.09. The summed E-state index contributed by atoms with van der Waals surface area (Å²) in [5.74, 6) is -1.34. The summed E-state index contributed by atoms with van der Waals surface area (Å²) in [5.41, 5.74) is 6.39. The number of carbonyl (C=O) groups is 2. The zero-order valence-electron chi connectivity index (χ0n) is 16.3. The number of benzene rings is 3. The molecule has 30 heavy (non-hydrogen) atoms. The normalized spacial score (nSPS) is 17.1. The molecule has 1 heterocycles. The first kappa shape index (κ1) is 18.4. The third kappa shape index (κ3) is 3.03. The van der Waals surface area contributed by atoms with E-state index in [2.05, 4.69) is 24.3 Å². The molecule has 5 rings (SSSR count). The van der Waals surface area contributed by atoms with Gasteiger partial charge in [0.15, 0.2) is 0 Å². The van der Waals surface area contributed by atoms with Gasteiger partial charge in [-0.05, 0) is 39.8 Å². The number of amides is 1. The smallest absolute Gasteiger partial charge is 0.410 e. The van der Waals surface area contributed by atoms with E-state index in [4.69, 9.17) is 4.74 Å². The Bertz CT molecular complexity index is 1090. The number of carboxylic acids is 1. The summed E-state index contributed by atoms with van der Waals surface area (Å²) < 4.78 is 5.67. The summed E-state index contributed by atoms with van der Waals surface area (Å²) in [6.45, 7) is 0.357. The number of hydrogen-bond acceptors (Lipinski definition) is 4. The van der Waals surface area contributed by atoms with Gasteiger partial charge < -0.3 is 14.6 Å². The molecule has 150 valence electrons. The van der Waals surface area contributed by atoms with E-state index in [1.807, 2.05) is 48.5 Å². The molecule has 0 unspecified atom stereocenters. The first-order valence-electron chi connectivity index (χ1n) is 10.0. The molecule has 3 aromatic carbocycles. The third-order valence-electron chi connectivity index (χ3n) is 6.09. The van der Waals surface area contributed by atoms with Crippen molar-refractivity contribution in [1.29, 1.82) is 0 Å². The minimum atomic E-state index is -1.27. The number of nitrogens with zero attached hydrogens (tertiary/aromatic N) is 1. The van der Waals surface area contributed by atoms with Crippen LogP contribution in [0, 0.1) is 0 Å². The highest BCUT2D eigenvalue weighted by Crippen LogP contribution is 2.44. The van der Waals surface area contributed by atoms with Crippen LogP contribution in [0.5, 0.6) is 0 Å². The summed E-state index contributed by atoms with van der Waals surface area (Å²) in [6.07, 6.45) is -0.400. The first-order valence-corrected chi connectivity index (χ1v) is 10.0. The Hall–Kier alpha value is -3.60. The molecule has 0 bridgehead atoms. The maximum atomic E-state index is 12.9. The molecule has 5 nitrogen and oxygen atoms in total. The van der Waals surface area contributed by atoms with E-state index in [0.29, 0.717) is 0 Å². The largest absolute Gasteiger partial charge is 0.548 e. The van der Waals surface area contributed by atoms with Crippen LogP contribution < -0.4 is 5.11 Å². The molecule has 1 amide bonds. The topological polar surface area (TPSA) is 69.7 Å². The van der Waals surface area contributed by atoms with Crippen LogP contribution in [0.3, 0.4) is 0 Å². The van der Waals surface area contributed by atoms with Crippen LogP contribution in [0.4, 0.5) is 4.79 Å². The second kappa shape index (κ2) is 7.34. The number of hydrogen-bond donors (Lipinski definition) is 0. The number of carbonyl (C=O) groups excluding carboxylic acids is 2. The van der Waals surface area contributed by atoms with Crippen LogP contribution in [0.2, 0.25) is 0 Å². The van der Waals surface area contributed by atoms with Crippen LogP contribution in [0.25, 0.3) is 11.1 Å². The van der Waals surface area contributed by atoms with E-state index in [9.17, 15) is 14.7 Å². The fourth-order valence-corrected chi connectivity index (χ4v) is 4.60. The molecule has 2 aliphatic rings. The molecule has 5 heteroatoms. The van der Waals surface area contributed by atoms with Crippen molar-refractivity contribution >= 4 is 12.1 Å². The molecule has 0 saturated carbocycles. The summed E-state index contributed by atoms with van der Waals surface area (Å²) in [5, 5.41) is 11.7. The minimum Gasteiger partial charge on any atom is -0.548 e. The van der Waals surface area contributed by atoms with Crippen molar-refractivity contribution < 1.29 is 19.4 Å². The van der Waals surface area contributed by atoms with Gasteiger partial charge in [-0.25, -0.2) is 4.79 Å². The van der Waals surface area contributed by atoms with Crippen molar-refractivity contribution in [2.45, 2.75) is 24.9 Å². The lowest BCUT2D eigenvalue weighted by Gasteiger charge is -2.36. The molecule has 0 aromatic heterocycles. The van der Waals surface area contributed by atoms with E-state index in [1.165, 1.54) is 4.90 Å². The molecule has 0 spiro atoms. The summed E-state index contributed by atoms with van der Waals surface area (Å²) >= 11 is 0. The van der Waals surface area contributed by atoms with Gasteiger partial charge in [-0.15, -0.1) is 0 Å². The highest BCUT2D eigenvalue weighted by molar-refractivity contribution is 5.81. The van der Waals surface area contributed by atoms with Crippen LogP contribution in [-0.2, 0) is 22.5 Å². The van der Waals surface area contributed by atoms with Gasteiger partial charge in [0.05, 0.1) is 12.0 Å². The van der Waals surface area contributed by atoms with Gasteiger partial charge in [0.1, 0.15) is 6.61 Å². The van der Waals surface area contributed by atoms with Crippen LogP contribution in [-0.4, -0.2) is 29.6 Å². The predicted molar refractivity (Wildman–Crippen MR) is 110 cm³/mol. The molecule has 1 aliphatic heterocycles. The summed E-state index contributed by atoms with van der Waals surface area (Å²) in [7, 11) is 0. The molecule has 0 saturated heterocycles. The number of carboxylic acid groups (broad SMARTS) is 1. The van der Waals surface area contributed by atoms with Crippen LogP contribution in [0.1, 0.15) is 28.2 Å². The average Bonchev–Trinajstić information content (AvgIpc) is 3.10. The van der Waals surface area contributed by atoms with Crippen molar-refractivity contribution in [1.82, 2.24) is 4.90 Å². The fraction of sp³-hybridized carbons (Fsp3) is 0.200. The SMILES string of the molecule is O=C([O-])[C@@H]1Cc2ccccc2CN1C(=O)OCC1c2ccccc2-c2ccccc21. The Kier molecular flexibility index (Phi) is 4.51. The van der Waals surface area contributed by atoms with Crippen LogP contribution in [0.15, 0.2) is 72.8 Å². The molecule has 0 fully saturated rings. The highest BCUT2D eigenvalue weighted by Gasteiger charge is 2.34. The second-order valence-corrected chi connectivity index (χ2v) is 7.74. The van der Waals surface area contributed by atoms with Crippen molar-refractivity contribution in [2.24, 2.45) is 0 Å². The molecule has 3 aromatic rings. The van der Waals surface area contributed by atoms with Gasteiger partial charge in [-0.3, -0.25) is 4.90 Å². The molecule has 0 N–H and O–H groups in total.